The quantitative estimate of drug-likeness (QED) is 0.411. The van der Waals surface area contributed by atoms with Gasteiger partial charge in [0.05, 0.1) is 17.8 Å². The van der Waals surface area contributed by atoms with Crippen molar-refractivity contribution in [2.24, 2.45) is 28.6 Å². The molecule has 2 bridgehead atoms. The van der Waals surface area contributed by atoms with Crippen LogP contribution in [0.4, 0.5) is 0 Å². The summed E-state index contributed by atoms with van der Waals surface area (Å²) in [7, 11) is 0. The van der Waals surface area contributed by atoms with Crippen LogP contribution in [0.1, 0.15) is 66.2 Å². The minimum atomic E-state index is -1.52. The molecule has 1 unspecified atom stereocenters. The van der Waals surface area contributed by atoms with Crippen LogP contribution in [0.25, 0.3) is 0 Å². The smallest absolute Gasteiger partial charge is 0.305 e. The Balaban J connectivity index is 1.84. The van der Waals surface area contributed by atoms with Crippen molar-refractivity contribution in [2.45, 2.75) is 95.7 Å². The van der Waals surface area contributed by atoms with Gasteiger partial charge in [0.2, 0.25) is 0 Å². The lowest BCUT2D eigenvalue weighted by Crippen LogP contribution is -2.57. The molecule has 4 aliphatic rings. The summed E-state index contributed by atoms with van der Waals surface area (Å²) in [5, 5.41) is 45.1. The first-order valence-electron chi connectivity index (χ1n) is 11.0. The van der Waals surface area contributed by atoms with Crippen LogP contribution in [-0.4, -0.2) is 55.9 Å². The van der Waals surface area contributed by atoms with Crippen molar-refractivity contribution >= 4 is 5.97 Å². The fraction of sp³-hybridized carbons (Fsp3) is 0.870. The number of hydrogen-bond donors (Lipinski definition) is 4. The molecule has 9 atom stereocenters. The van der Waals surface area contributed by atoms with Crippen molar-refractivity contribution in [3.63, 3.8) is 0 Å². The van der Waals surface area contributed by atoms with Gasteiger partial charge >= 0.3 is 5.97 Å². The maximum absolute atomic E-state index is 12.3. The maximum atomic E-state index is 12.3. The topological polar surface area (TPSA) is 107 Å². The van der Waals surface area contributed by atoms with Crippen molar-refractivity contribution in [2.75, 3.05) is 0 Å². The van der Waals surface area contributed by atoms with Crippen molar-refractivity contribution in [3.05, 3.63) is 12.2 Å². The predicted molar refractivity (Wildman–Crippen MR) is 107 cm³/mol. The second kappa shape index (κ2) is 6.28. The van der Waals surface area contributed by atoms with Gasteiger partial charge in [-0.3, -0.25) is 4.79 Å². The Morgan fingerprint density at radius 3 is 2.41 bits per heavy atom. The molecule has 4 fully saturated rings. The summed E-state index contributed by atoms with van der Waals surface area (Å²) < 4.78 is 5.92. The Kier molecular flexibility index (Phi) is 4.61. The van der Waals surface area contributed by atoms with E-state index in [0.717, 1.165) is 12.0 Å². The predicted octanol–water partition coefficient (Wildman–Crippen LogP) is 1.93. The molecule has 4 saturated carbocycles. The molecular weight excluding hydrogens is 372 g/mol. The molecule has 0 heterocycles. The second-order valence-corrected chi connectivity index (χ2v) is 10.9. The van der Waals surface area contributed by atoms with Gasteiger partial charge < -0.3 is 25.2 Å². The van der Waals surface area contributed by atoms with Crippen LogP contribution < -0.4 is 0 Å². The lowest BCUT2D eigenvalue weighted by atomic mass is 9.61. The zero-order valence-electron chi connectivity index (χ0n) is 18.0. The third kappa shape index (κ3) is 2.52. The van der Waals surface area contributed by atoms with Crippen molar-refractivity contribution < 1.29 is 30.0 Å². The first kappa shape index (κ1) is 21.3. The Morgan fingerprint density at radius 1 is 1.14 bits per heavy atom. The minimum absolute atomic E-state index is 0.0860. The highest BCUT2D eigenvalue weighted by Crippen LogP contribution is 2.69. The van der Waals surface area contributed by atoms with Gasteiger partial charge in [0, 0.05) is 29.1 Å². The summed E-state index contributed by atoms with van der Waals surface area (Å²) in [4.78, 5) is 12.3. The molecule has 4 N–H and O–H groups in total. The molecule has 1 spiro atoms. The second-order valence-electron chi connectivity index (χ2n) is 10.9. The van der Waals surface area contributed by atoms with Crippen LogP contribution in [0.5, 0.6) is 0 Å². The number of esters is 1. The van der Waals surface area contributed by atoms with E-state index in [2.05, 4.69) is 6.58 Å². The highest BCUT2D eigenvalue weighted by atomic mass is 16.5. The summed E-state index contributed by atoms with van der Waals surface area (Å²) >= 11 is 0. The number of ether oxygens (including phenoxy) is 1. The average molecular weight is 409 g/mol. The molecule has 6 nitrogen and oxygen atoms in total. The van der Waals surface area contributed by atoms with Gasteiger partial charge in [0.25, 0.3) is 0 Å². The molecular formula is C23H36O6. The molecule has 4 aliphatic carbocycles. The molecule has 0 aromatic heterocycles. The fourth-order valence-corrected chi connectivity index (χ4v) is 7.62. The summed E-state index contributed by atoms with van der Waals surface area (Å²) in [6, 6.07) is 0. The summed E-state index contributed by atoms with van der Waals surface area (Å²) in [6.07, 6.45) is 0.333. The lowest BCUT2D eigenvalue weighted by Gasteiger charge is -2.47. The first-order chi connectivity index (χ1) is 13.3. The molecule has 0 aromatic rings. The molecule has 4 rings (SSSR count). The summed E-state index contributed by atoms with van der Waals surface area (Å²) in [6.45, 7) is 11.5. The molecule has 0 amide bonds. The highest BCUT2D eigenvalue weighted by molar-refractivity contribution is 5.69. The zero-order valence-corrected chi connectivity index (χ0v) is 18.0. The number of aliphatic hydroxyl groups is 4. The number of rotatable bonds is 2. The van der Waals surface area contributed by atoms with E-state index in [1.807, 2.05) is 0 Å². The van der Waals surface area contributed by atoms with Gasteiger partial charge in [-0.2, -0.15) is 0 Å². The monoisotopic (exact) mass is 408 g/mol. The third-order valence-electron chi connectivity index (χ3n) is 9.26. The largest absolute Gasteiger partial charge is 0.461 e. The van der Waals surface area contributed by atoms with E-state index < -0.39 is 46.3 Å². The van der Waals surface area contributed by atoms with E-state index in [0.29, 0.717) is 19.3 Å². The average Bonchev–Trinajstić information content (AvgIpc) is 2.86. The Hall–Kier alpha value is -0.950. The Bertz CT molecular complexity index is 729. The minimum Gasteiger partial charge on any atom is -0.461 e. The number of carbonyl (C=O) groups excluding carboxylic acids is 1. The number of carbonyl (C=O) groups is 1. The van der Waals surface area contributed by atoms with Gasteiger partial charge in [-0.1, -0.05) is 32.9 Å². The molecule has 0 aromatic carbocycles. The normalized spacial score (nSPS) is 53.2. The SMILES string of the molecule is C=C1C2CC[C@@H]3[C@@H](OC(=O)CC)[C@@]2(C[C@@H](O)[C@@]2(O)[C@H]1C[C@H](O)C2(C)C)C[C@@]3(C)O. The van der Waals surface area contributed by atoms with Crippen LogP contribution in [0.15, 0.2) is 12.2 Å². The van der Waals surface area contributed by atoms with Gasteiger partial charge in [0.15, 0.2) is 0 Å². The van der Waals surface area contributed by atoms with Crippen molar-refractivity contribution in [3.8, 4) is 0 Å². The molecule has 0 saturated heterocycles. The van der Waals surface area contributed by atoms with E-state index >= 15 is 0 Å². The van der Waals surface area contributed by atoms with Gasteiger partial charge in [-0.05, 0) is 44.9 Å². The fourth-order valence-electron chi connectivity index (χ4n) is 7.62. The van der Waals surface area contributed by atoms with Crippen molar-refractivity contribution in [1.82, 2.24) is 0 Å². The van der Waals surface area contributed by atoms with Crippen molar-refractivity contribution in [1.29, 1.82) is 0 Å². The Labute approximate surface area is 173 Å². The van der Waals surface area contributed by atoms with E-state index in [1.54, 1.807) is 27.7 Å². The lowest BCUT2D eigenvalue weighted by molar-refractivity contribution is -0.182. The standard InChI is InChI=1S/C23H36O6/c1-6-18(26)29-19-14-8-7-13-12(2)15-9-16(24)20(3,4)23(15,28)17(25)10-22(13,19)11-21(14,5)27/h13-17,19,24-25,27-28H,2,6-11H2,1,3-5H3/t13?,14-,15+,16+,17-,19-,21-,22+,23+/m1/s1. The van der Waals surface area contributed by atoms with Crippen LogP contribution in [-0.2, 0) is 9.53 Å². The van der Waals surface area contributed by atoms with Gasteiger partial charge in [-0.25, -0.2) is 0 Å². The van der Waals surface area contributed by atoms with Crippen LogP contribution in [0.3, 0.4) is 0 Å². The summed E-state index contributed by atoms with van der Waals surface area (Å²) in [5.74, 6) is -1.02. The molecule has 164 valence electrons. The molecule has 0 radical (unpaired) electrons. The van der Waals surface area contributed by atoms with Crippen LogP contribution in [0.2, 0.25) is 0 Å². The molecule has 29 heavy (non-hydrogen) atoms. The van der Waals surface area contributed by atoms with E-state index in [-0.39, 0.29) is 30.6 Å². The highest BCUT2D eigenvalue weighted by Gasteiger charge is 2.73. The zero-order chi connectivity index (χ0) is 21.6. The van der Waals surface area contributed by atoms with Crippen LogP contribution in [0, 0.1) is 28.6 Å². The van der Waals surface area contributed by atoms with Crippen LogP contribution >= 0.6 is 0 Å². The van der Waals surface area contributed by atoms with E-state index in [9.17, 15) is 25.2 Å². The van der Waals surface area contributed by atoms with E-state index in [1.165, 1.54) is 0 Å². The molecule has 6 heteroatoms. The summed E-state index contributed by atoms with van der Waals surface area (Å²) in [5.41, 5.74) is -3.26. The number of hydrogen-bond acceptors (Lipinski definition) is 6. The number of aliphatic hydroxyl groups excluding tert-OH is 2. The van der Waals surface area contributed by atoms with E-state index in [4.69, 9.17) is 4.74 Å². The third-order valence-corrected chi connectivity index (χ3v) is 9.26. The number of fused-ring (bicyclic) bond motifs is 2. The maximum Gasteiger partial charge on any atom is 0.305 e. The molecule has 0 aliphatic heterocycles. The van der Waals surface area contributed by atoms with Gasteiger partial charge in [-0.15, -0.1) is 0 Å². The first-order valence-corrected chi connectivity index (χ1v) is 11.0. The van der Waals surface area contributed by atoms with Gasteiger partial charge in [0.1, 0.15) is 11.7 Å². The Morgan fingerprint density at radius 2 is 1.79 bits per heavy atom.